The highest BCUT2D eigenvalue weighted by molar-refractivity contribution is 7.81. The number of benzene rings is 2. The van der Waals surface area contributed by atoms with Crippen molar-refractivity contribution >= 4 is 40.5 Å². The van der Waals surface area contributed by atoms with Gasteiger partial charge in [0.25, 0.3) is 11.8 Å². The number of thiocarbonyl (C=S) groups is 1. The minimum absolute atomic E-state index is 0.0190. The molecule has 1 heterocycles. The van der Waals surface area contributed by atoms with Crippen LogP contribution in [0.1, 0.15) is 33.6 Å². The fraction of sp³-hybridized carbons (Fsp3) is 0.240. The molecular formula is C25H24N2O2S. The molecule has 0 N–H and O–H groups in total. The van der Waals surface area contributed by atoms with Gasteiger partial charge in [0.15, 0.2) is 5.11 Å². The summed E-state index contributed by atoms with van der Waals surface area (Å²) in [7, 11) is 0. The van der Waals surface area contributed by atoms with Crippen molar-refractivity contribution in [2.24, 2.45) is 5.41 Å². The second kappa shape index (κ2) is 7.65. The minimum atomic E-state index is -0.361. The summed E-state index contributed by atoms with van der Waals surface area (Å²) in [5.74, 6) is -0.722. The Hall–Kier alpha value is -3.05. The van der Waals surface area contributed by atoms with Gasteiger partial charge in [-0.1, -0.05) is 61.9 Å². The molecular weight excluding hydrogens is 392 g/mol. The Morgan fingerprint density at radius 1 is 0.800 bits per heavy atom. The second-order valence-corrected chi connectivity index (χ2v) is 9.01. The van der Waals surface area contributed by atoms with E-state index in [-0.39, 0.29) is 27.9 Å². The lowest BCUT2D eigenvalue weighted by atomic mass is 9.74. The summed E-state index contributed by atoms with van der Waals surface area (Å²) in [6.45, 7) is 6.38. The molecule has 1 aliphatic heterocycles. The van der Waals surface area contributed by atoms with E-state index in [1.807, 2.05) is 73.7 Å². The highest BCUT2D eigenvalue weighted by atomic mass is 32.1. The first-order valence-electron chi connectivity index (χ1n) is 10.0. The number of allylic oxidation sites excluding steroid dienone is 3. The first kappa shape index (κ1) is 20.2. The third-order valence-corrected chi connectivity index (χ3v) is 5.78. The van der Waals surface area contributed by atoms with E-state index < -0.39 is 0 Å². The van der Waals surface area contributed by atoms with Crippen molar-refractivity contribution in [3.63, 3.8) is 0 Å². The van der Waals surface area contributed by atoms with E-state index in [2.05, 4.69) is 13.8 Å². The monoisotopic (exact) mass is 416 g/mol. The van der Waals surface area contributed by atoms with E-state index >= 15 is 0 Å². The van der Waals surface area contributed by atoms with Crippen LogP contribution in [0.25, 0.3) is 0 Å². The van der Waals surface area contributed by atoms with Crippen LogP contribution in [0.4, 0.5) is 11.4 Å². The fourth-order valence-corrected chi connectivity index (χ4v) is 4.74. The molecule has 0 spiro atoms. The molecule has 0 aromatic heterocycles. The van der Waals surface area contributed by atoms with Crippen LogP contribution in [0.3, 0.4) is 0 Å². The molecule has 0 unspecified atom stereocenters. The van der Waals surface area contributed by atoms with Crippen LogP contribution in [-0.4, -0.2) is 16.9 Å². The van der Waals surface area contributed by atoms with Gasteiger partial charge in [-0.15, -0.1) is 0 Å². The molecule has 4 nitrogen and oxygen atoms in total. The highest BCUT2D eigenvalue weighted by Gasteiger charge is 2.43. The minimum Gasteiger partial charge on any atom is -0.268 e. The zero-order valence-corrected chi connectivity index (χ0v) is 18.2. The molecule has 152 valence electrons. The van der Waals surface area contributed by atoms with Crippen molar-refractivity contribution in [1.82, 2.24) is 0 Å². The van der Waals surface area contributed by atoms with Crippen LogP contribution >= 0.6 is 12.2 Å². The lowest BCUT2D eigenvalue weighted by molar-refractivity contribution is -0.121. The molecule has 2 amide bonds. The van der Waals surface area contributed by atoms with Gasteiger partial charge in [-0.05, 0) is 67.2 Å². The van der Waals surface area contributed by atoms with Gasteiger partial charge in [-0.2, -0.15) is 0 Å². The van der Waals surface area contributed by atoms with Crippen LogP contribution in [-0.2, 0) is 9.59 Å². The van der Waals surface area contributed by atoms with E-state index in [1.165, 1.54) is 15.4 Å². The molecule has 0 saturated carbocycles. The summed E-state index contributed by atoms with van der Waals surface area (Å²) in [5, 5.41) is 0.169. The van der Waals surface area contributed by atoms with Crippen molar-refractivity contribution in [2.45, 2.75) is 33.6 Å². The molecule has 4 rings (SSSR count). The predicted molar refractivity (Wildman–Crippen MR) is 124 cm³/mol. The predicted octanol–water partition coefficient (Wildman–Crippen LogP) is 5.41. The largest absolute Gasteiger partial charge is 0.270 e. The lowest BCUT2D eigenvalue weighted by Gasteiger charge is -2.38. The van der Waals surface area contributed by atoms with Gasteiger partial charge in [-0.3, -0.25) is 19.4 Å². The van der Waals surface area contributed by atoms with E-state index in [9.17, 15) is 9.59 Å². The Labute approximate surface area is 182 Å². The molecule has 0 radical (unpaired) electrons. The summed E-state index contributed by atoms with van der Waals surface area (Å²) in [6.07, 6.45) is 3.60. The van der Waals surface area contributed by atoms with Gasteiger partial charge in [-0.25, -0.2) is 0 Å². The number of hydrogen-bond donors (Lipinski definition) is 0. The van der Waals surface area contributed by atoms with Gasteiger partial charge >= 0.3 is 0 Å². The number of amides is 2. The lowest BCUT2D eigenvalue weighted by Crippen LogP contribution is -2.57. The number of carbonyl (C=O) groups excluding carboxylic acids is 2. The van der Waals surface area contributed by atoms with Crippen molar-refractivity contribution < 1.29 is 9.59 Å². The number of hydrogen-bond acceptors (Lipinski definition) is 3. The molecule has 5 heteroatoms. The SMILES string of the molecule is CC1=CC(=C2C(=O)N(c3ccccc3)C(=S)N(c3ccccc3)C2=O)CC(C)(C)C1. The Morgan fingerprint density at radius 2 is 1.27 bits per heavy atom. The average molecular weight is 417 g/mol. The van der Waals surface area contributed by atoms with Crippen molar-refractivity contribution in [3.8, 4) is 0 Å². The molecule has 1 fully saturated rings. The normalized spacial score (nSPS) is 19.3. The molecule has 0 bridgehead atoms. The van der Waals surface area contributed by atoms with E-state index in [4.69, 9.17) is 12.2 Å². The van der Waals surface area contributed by atoms with E-state index in [1.54, 1.807) is 0 Å². The first-order valence-corrected chi connectivity index (χ1v) is 10.4. The van der Waals surface area contributed by atoms with Crippen LogP contribution < -0.4 is 9.80 Å². The van der Waals surface area contributed by atoms with Crippen molar-refractivity contribution in [2.75, 3.05) is 9.80 Å². The number of anilines is 2. The maximum atomic E-state index is 13.6. The van der Waals surface area contributed by atoms with Crippen LogP contribution in [0.5, 0.6) is 0 Å². The van der Waals surface area contributed by atoms with Gasteiger partial charge in [0.05, 0.1) is 11.4 Å². The fourth-order valence-electron chi connectivity index (χ4n) is 4.37. The summed E-state index contributed by atoms with van der Waals surface area (Å²) < 4.78 is 0. The Morgan fingerprint density at radius 3 is 1.70 bits per heavy atom. The molecule has 2 aromatic rings. The van der Waals surface area contributed by atoms with Crippen LogP contribution in [0, 0.1) is 5.41 Å². The van der Waals surface area contributed by atoms with Gasteiger partial charge in [0.1, 0.15) is 5.57 Å². The number of rotatable bonds is 2. The number of para-hydroxylation sites is 2. The molecule has 30 heavy (non-hydrogen) atoms. The number of carbonyl (C=O) groups is 2. The van der Waals surface area contributed by atoms with Crippen molar-refractivity contribution in [1.29, 1.82) is 0 Å². The maximum absolute atomic E-state index is 13.6. The van der Waals surface area contributed by atoms with E-state index in [0.29, 0.717) is 17.8 Å². The van der Waals surface area contributed by atoms with Gasteiger partial charge in [0, 0.05) is 0 Å². The summed E-state index contributed by atoms with van der Waals surface area (Å²) in [5.41, 5.74) is 3.42. The van der Waals surface area contributed by atoms with Crippen LogP contribution in [0.15, 0.2) is 83.5 Å². The molecule has 0 atom stereocenters. The summed E-state index contributed by atoms with van der Waals surface area (Å²) in [4.78, 5) is 30.2. The zero-order chi connectivity index (χ0) is 21.5. The Bertz CT molecular complexity index is 1020. The third kappa shape index (κ3) is 3.61. The zero-order valence-electron chi connectivity index (χ0n) is 17.4. The maximum Gasteiger partial charge on any atom is 0.270 e. The second-order valence-electron chi connectivity index (χ2n) is 8.64. The summed E-state index contributed by atoms with van der Waals surface area (Å²) >= 11 is 5.66. The number of nitrogens with zero attached hydrogens (tertiary/aromatic N) is 2. The van der Waals surface area contributed by atoms with Gasteiger partial charge < -0.3 is 0 Å². The van der Waals surface area contributed by atoms with E-state index in [0.717, 1.165) is 12.0 Å². The standard InChI is InChI=1S/C25H24N2O2S/c1-17-14-18(16-25(2,3)15-17)21-22(28)26(19-10-6-4-7-11-19)24(30)27(23(21)29)20-12-8-5-9-13-20/h4-14H,15-16H2,1-3H3. The Balaban J connectivity index is 1.93. The third-order valence-electron chi connectivity index (χ3n) is 5.41. The highest BCUT2D eigenvalue weighted by Crippen LogP contribution is 2.41. The molecule has 2 aliphatic rings. The van der Waals surface area contributed by atoms with Crippen molar-refractivity contribution in [3.05, 3.63) is 83.5 Å². The molecule has 2 aromatic carbocycles. The van der Waals surface area contributed by atoms with Gasteiger partial charge in [0.2, 0.25) is 0 Å². The molecule has 1 aliphatic carbocycles. The first-order chi connectivity index (χ1) is 14.3. The molecule has 1 saturated heterocycles. The average Bonchev–Trinajstić information content (AvgIpc) is 2.68. The smallest absolute Gasteiger partial charge is 0.268 e. The van der Waals surface area contributed by atoms with Crippen LogP contribution in [0.2, 0.25) is 0 Å². The quantitative estimate of drug-likeness (QED) is 0.373. The summed E-state index contributed by atoms with van der Waals surface area (Å²) in [6, 6.07) is 18.5. The topological polar surface area (TPSA) is 40.6 Å². The Kier molecular flexibility index (Phi) is 5.16.